The second-order valence-electron chi connectivity index (χ2n) is 4.38. The summed E-state index contributed by atoms with van der Waals surface area (Å²) in [5.41, 5.74) is 0. The Morgan fingerprint density at radius 1 is 1.29 bits per heavy atom. The van der Waals surface area contributed by atoms with E-state index in [0.29, 0.717) is 25.3 Å². The lowest BCUT2D eigenvalue weighted by atomic mass is 9.99. The first-order chi connectivity index (χ1) is 8.19. The quantitative estimate of drug-likeness (QED) is 0.646. The van der Waals surface area contributed by atoms with Gasteiger partial charge in [0.15, 0.2) is 0 Å². The van der Waals surface area contributed by atoms with Crippen molar-refractivity contribution in [2.75, 3.05) is 13.2 Å². The largest absolute Gasteiger partial charge is 0.396 e. The van der Waals surface area contributed by atoms with Gasteiger partial charge in [-0.05, 0) is 25.2 Å². The topological polar surface area (TPSA) is 73.1 Å². The van der Waals surface area contributed by atoms with E-state index in [1.165, 1.54) is 0 Å². The summed E-state index contributed by atoms with van der Waals surface area (Å²) in [6.07, 6.45) is 4.18. The van der Waals surface area contributed by atoms with E-state index in [4.69, 9.17) is 10.4 Å². The molecule has 4 nitrogen and oxygen atoms in total. The van der Waals surface area contributed by atoms with Crippen LogP contribution in [0.4, 0.5) is 0 Å². The van der Waals surface area contributed by atoms with Crippen LogP contribution in [0.25, 0.3) is 0 Å². The van der Waals surface area contributed by atoms with Crippen molar-refractivity contribution in [1.82, 2.24) is 5.32 Å². The predicted molar refractivity (Wildman–Crippen MR) is 67.1 cm³/mol. The third kappa shape index (κ3) is 6.96. The first kappa shape index (κ1) is 15.9. The second-order valence-corrected chi connectivity index (χ2v) is 4.38. The van der Waals surface area contributed by atoms with Crippen LogP contribution in [0, 0.1) is 23.2 Å². The number of nitriles is 1. The number of hydrogen-bond acceptors (Lipinski definition) is 3. The first-order valence-corrected chi connectivity index (χ1v) is 6.47. The summed E-state index contributed by atoms with van der Waals surface area (Å²) < 4.78 is 0. The molecule has 0 spiro atoms. The Kier molecular flexibility index (Phi) is 9.46. The zero-order valence-electron chi connectivity index (χ0n) is 10.9. The molecule has 4 heteroatoms. The van der Waals surface area contributed by atoms with Gasteiger partial charge >= 0.3 is 0 Å². The van der Waals surface area contributed by atoms with Crippen LogP contribution in [0.5, 0.6) is 0 Å². The highest BCUT2D eigenvalue weighted by Gasteiger charge is 2.17. The van der Waals surface area contributed by atoms with E-state index < -0.39 is 5.92 Å². The Bertz CT molecular complexity index is 242. The van der Waals surface area contributed by atoms with Crippen LogP contribution < -0.4 is 5.32 Å². The lowest BCUT2D eigenvalue weighted by molar-refractivity contribution is -0.123. The molecule has 2 unspecified atom stereocenters. The maximum Gasteiger partial charge on any atom is 0.237 e. The van der Waals surface area contributed by atoms with Gasteiger partial charge in [-0.25, -0.2) is 0 Å². The zero-order chi connectivity index (χ0) is 13.1. The summed E-state index contributed by atoms with van der Waals surface area (Å²) in [5.74, 6) is -0.389. The fourth-order valence-corrected chi connectivity index (χ4v) is 1.85. The SMILES string of the molecule is CCCC(CCO)CNC(=O)C(C#N)CCC. The van der Waals surface area contributed by atoms with E-state index in [2.05, 4.69) is 12.2 Å². The van der Waals surface area contributed by atoms with Crippen LogP contribution in [-0.4, -0.2) is 24.2 Å². The van der Waals surface area contributed by atoms with Crippen molar-refractivity contribution < 1.29 is 9.90 Å². The Morgan fingerprint density at radius 3 is 2.41 bits per heavy atom. The summed E-state index contributed by atoms with van der Waals surface area (Å²) in [7, 11) is 0. The Balaban J connectivity index is 4.05. The minimum atomic E-state index is -0.531. The van der Waals surface area contributed by atoms with Crippen molar-refractivity contribution in [3.63, 3.8) is 0 Å². The van der Waals surface area contributed by atoms with E-state index in [9.17, 15) is 4.79 Å². The molecule has 0 aliphatic carbocycles. The number of carbonyl (C=O) groups excluding carboxylic acids is 1. The van der Waals surface area contributed by atoms with Gasteiger partial charge in [0.2, 0.25) is 5.91 Å². The monoisotopic (exact) mass is 240 g/mol. The predicted octanol–water partition coefficient (Wildman–Crippen LogP) is 1.84. The number of rotatable bonds is 9. The van der Waals surface area contributed by atoms with Crippen LogP contribution in [0.2, 0.25) is 0 Å². The van der Waals surface area contributed by atoms with E-state index in [0.717, 1.165) is 19.3 Å². The van der Waals surface area contributed by atoms with Crippen molar-refractivity contribution in [2.24, 2.45) is 11.8 Å². The van der Waals surface area contributed by atoms with Crippen molar-refractivity contribution in [1.29, 1.82) is 5.26 Å². The van der Waals surface area contributed by atoms with Gasteiger partial charge in [-0.2, -0.15) is 5.26 Å². The molecule has 98 valence electrons. The molecule has 0 heterocycles. The number of nitrogens with zero attached hydrogens (tertiary/aromatic N) is 1. The van der Waals surface area contributed by atoms with Gasteiger partial charge in [0, 0.05) is 13.2 Å². The van der Waals surface area contributed by atoms with Crippen molar-refractivity contribution in [3.05, 3.63) is 0 Å². The molecule has 0 aromatic carbocycles. The molecule has 1 amide bonds. The second kappa shape index (κ2) is 10.1. The minimum Gasteiger partial charge on any atom is -0.396 e. The molecule has 0 saturated heterocycles. The molecule has 0 radical (unpaired) electrons. The molecule has 0 aromatic rings. The molecule has 0 fully saturated rings. The average Bonchev–Trinajstić information content (AvgIpc) is 2.33. The normalized spacial score (nSPS) is 13.8. The average molecular weight is 240 g/mol. The number of aliphatic hydroxyl groups is 1. The summed E-state index contributed by atoms with van der Waals surface area (Å²) in [5, 5.41) is 20.6. The Hall–Kier alpha value is -1.08. The molecule has 0 aliphatic rings. The van der Waals surface area contributed by atoms with Gasteiger partial charge in [-0.1, -0.05) is 26.7 Å². The van der Waals surface area contributed by atoms with Gasteiger partial charge in [0.1, 0.15) is 5.92 Å². The molecule has 17 heavy (non-hydrogen) atoms. The van der Waals surface area contributed by atoms with Crippen molar-refractivity contribution >= 4 is 5.91 Å². The fourth-order valence-electron chi connectivity index (χ4n) is 1.85. The van der Waals surface area contributed by atoms with Crippen LogP contribution >= 0.6 is 0 Å². The van der Waals surface area contributed by atoms with E-state index >= 15 is 0 Å². The Labute approximate surface area is 104 Å². The molecule has 0 saturated carbocycles. The molecule has 0 aromatic heterocycles. The van der Waals surface area contributed by atoms with Crippen molar-refractivity contribution in [2.45, 2.75) is 46.0 Å². The van der Waals surface area contributed by atoms with Crippen LogP contribution in [0.15, 0.2) is 0 Å². The van der Waals surface area contributed by atoms with Gasteiger partial charge in [-0.15, -0.1) is 0 Å². The zero-order valence-corrected chi connectivity index (χ0v) is 10.9. The Morgan fingerprint density at radius 2 is 1.94 bits per heavy atom. The standard InChI is InChI=1S/C13H24N2O2/c1-3-5-11(7-8-16)10-15-13(17)12(9-14)6-4-2/h11-12,16H,3-8,10H2,1-2H3,(H,15,17). The van der Waals surface area contributed by atoms with Gasteiger partial charge in [-0.3, -0.25) is 4.79 Å². The highest BCUT2D eigenvalue weighted by Crippen LogP contribution is 2.10. The number of amides is 1. The maximum absolute atomic E-state index is 11.7. The van der Waals surface area contributed by atoms with Gasteiger partial charge < -0.3 is 10.4 Å². The minimum absolute atomic E-state index is 0.150. The lowest BCUT2D eigenvalue weighted by Gasteiger charge is -2.16. The summed E-state index contributed by atoms with van der Waals surface area (Å²) in [6, 6.07) is 2.03. The molecule has 2 atom stereocenters. The number of nitrogens with one attached hydrogen (secondary N) is 1. The highest BCUT2D eigenvalue weighted by atomic mass is 16.3. The number of carbonyl (C=O) groups is 1. The molecule has 0 rings (SSSR count). The van der Waals surface area contributed by atoms with Crippen molar-refractivity contribution in [3.8, 4) is 6.07 Å². The number of aliphatic hydroxyl groups excluding tert-OH is 1. The third-order valence-corrected chi connectivity index (χ3v) is 2.85. The van der Waals surface area contributed by atoms with E-state index in [-0.39, 0.29) is 12.5 Å². The van der Waals surface area contributed by atoms with E-state index in [1.54, 1.807) is 0 Å². The summed E-state index contributed by atoms with van der Waals surface area (Å²) >= 11 is 0. The third-order valence-electron chi connectivity index (χ3n) is 2.85. The molecular formula is C13H24N2O2. The van der Waals surface area contributed by atoms with Gasteiger partial charge in [0.05, 0.1) is 6.07 Å². The number of hydrogen-bond donors (Lipinski definition) is 2. The highest BCUT2D eigenvalue weighted by molar-refractivity contribution is 5.80. The summed E-state index contributed by atoms with van der Waals surface area (Å²) in [6.45, 7) is 4.76. The molecule has 0 aliphatic heterocycles. The van der Waals surface area contributed by atoms with Crippen LogP contribution in [0.1, 0.15) is 46.0 Å². The van der Waals surface area contributed by atoms with E-state index in [1.807, 2.05) is 13.0 Å². The smallest absolute Gasteiger partial charge is 0.237 e. The van der Waals surface area contributed by atoms with Crippen LogP contribution in [0.3, 0.4) is 0 Å². The fraction of sp³-hybridized carbons (Fsp3) is 0.846. The summed E-state index contributed by atoms with van der Waals surface area (Å²) in [4.78, 5) is 11.7. The molecule has 0 bridgehead atoms. The van der Waals surface area contributed by atoms with Gasteiger partial charge in [0.25, 0.3) is 0 Å². The molecular weight excluding hydrogens is 216 g/mol. The lowest BCUT2D eigenvalue weighted by Crippen LogP contribution is -2.34. The van der Waals surface area contributed by atoms with Crippen LogP contribution in [-0.2, 0) is 4.79 Å². The first-order valence-electron chi connectivity index (χ1n) is 6.47. The maximum atomic E-state index is 11.7. The molecule has 2 N–H and O–H groups in total.